The van der Waals surface area contributed by atoms with Crippen molar-refractivity contribution in [2.45, 2.75) is 0 Å². The van der Waals surface area contributed by atoms with Crippen LogP contribution in [0.25, 0.3) is 78.0 Å². The van der Waals surface area contributed by atoms with Gasteiger partial charge >= 0.3 is 0 Å². The van der Waals surface area contributed by atoms with Gasteiger partial charge in [-0.2, -0.15) is 20.2 Å². The fourth-order valence-corrected chi connectivity index (χ4v) is 6.26. The summed E-state index contributed by atoms with van der Waals surface area (Å²) in [6.45, 7) is 0. The van der Waals surface area contributed by atoms with Crippen molar-refractivity contribution < 1.29 is 0 Å². The van der Waals surface area contributed by atoms with Crippen LogP contribution in [0, 0.1) is 0 Å². The predicted octanol–water partition coefficient (Wildman–Crippen LogP) is 8.19. The molecule has 0 saturated heterocycles. The molecule has 0 saturated carbocycles. The number of benzene rings is 5. The fourth-order valence-electron chi connectivity index (χ4n) is 6.26. The maximum atomic E-state index is 5.12. The summed E-state index contributed by atoms with van der Waals surface area (Å²) < 4.78 is 4.46. The van der Waals surface area contributed by atoms with Gasteiger partial charge in [0.15, 0.2) is 11.6 Å². The van der Waals surface area contributed by atoms with Crippen molar-refractivity contribution in [1.29, 1.82) is 0 Å². The molecule has 0 unspecified atom stereocenters. The molecule has 0 N–H and O–H groups in total. The number of hydrogen-bond acceptors (Lipinski definition) is 5. The van der Waals surface area contributed by atoms with Gasteiger partial charge < -0.3 is 4.57 Å². The van der Waals surface area contributed by atoms with Crippen LogP contribution in [0.5, 0.6) is 0 Å². The number of hydrogen-bond donors (Lipinski definition) is 0. The van der Waals surface area contributed by atoms with E-state index in [2.05, 4.69) is 80.0 Å². The second-order valence-corrected chi connectivity index (χ2v) is 10.7. The van der Waals surface area contributed by atoms with Crippen LogP contribution in [-0.2, 0) is 0 Å². The highest BCUT2D eigenvalue weighted by atomic mass is 15.2. The van der Waals surface area contributed by atoms with Crippen molar-refractivity contribution in [1.82, 2.24) is 34.3 Å². The molecule has 9 aromatic rings. The minimum atomic E-state index is 0.517. The van der Waals surface area contributed by atoms with Crippen LogP contribution in [0.2, 0.25) is 0 Å². The summed E-state index contributed by atoms with van der Waals surface area (Å²) in [5, 5.41) is 12.9. The summed E-state index contributed by atoms with van der Waals surface area (Å²) in [5.41, 5.74) is 6.95. The van der Waals surface area contributed by atoms with Crippen molar-refractivity contribution in [3.8, 4) is 34.4 Å². The zero-order chi connectivity index (χ0) is 29.0. The van der Waals surface area contributed by atoms with Crippen LogP contribution in [0.15, 0.2) is 140 Å². The van der Waals surface area contributed by atoms with Crippen molar-refractivity contribution in [2.75, 3.05) is 0 Å². The molecule has 7 nitrogen and oxygen atoms in total. The van der Waals surface area contributed by atoms with Crippen LogP contribution < -0.4 is 0 Å². The lowest BCUT2D eigenvalue weighted by molar-refractivity contribution is 0.946. The first-order chi connectivity index (χ1) is 21.8. The highest BCUT2D eigenvalue weighted by Gasteiger charge is 2.23. The topological polar surface area (TPSA) is 74.3 Å². The number of fused-ring (bicyclic) bond motifs is 7. The minimum Gasteiger partial charge on any atom is -0.307 e. The Balaban J connectivity index is 1.48. The molecule has 206 valence electrons. The first-order valence-electron chi connectivity index (χ1n) is 14.4. The Hall–Kier alpha value is -6.21. The van der Waals surface area contributed by atoms with Crippen molar-refractivity contribution in [3.63, 3.8) is 0 Å². The Labute approximate surface area is 251 Å². The fraction of sp³-hybridized carbons (Fsp3) is 0. The van der Waals surface area contributed by atoms with Gasteiger partial charge in [0.25, 0.3) is 0 Å². The van der Waals surface area contributed by atoms with E-state index in [0.717, 1.165) is 55.0 Å². The third kappa shape index (κ3) is 3.66. The lowest BCUT2D eigenvalue weighted by atomic mass is 10.1. The molecule has 0 aliphatic heterocycles. The Morgan fingerprint density at radius 2 is 0.932 bits per heavy atom. The molecule has 0 radical (unpaired) electrons. The standard InChI is InChI=1S/C37H23N7/c1-4-12-24(13-5-1)35-40-36(25-14-6-2-7-15-25)42-37(41-35)44-32-23-39-38-22-30(32)29-21-20-28-27-18-10-11-19-31(27)43(33(28)34(29)44)26-16-8-3-9-17-26/h1-23H. The Morgan fingerprint density at radius 3 is 1.61 bits per heavy atom. The molecule has 5 aromatic carbocycles. The van der Waals surface area contributed by atoms with Gasteiger partial charge in [-0.3, -0.25) is 4.57 Å². The summed E-state index contributed by atoms with van der Waals surface area (Å²) in [4.78, 5) is 15.2. The number of aromatic nitrogens is 7. The van der Waals surface area contributed by atoms with Gasteiger partial charge in [-0.1, -0.05) is 109 Å². The second-order valence-electron chi connectivity index (χ2n) is 10.7. The van der Waals surface area contributed by atoms with Crippen molar-refractivity contribution in [3.05, 3.63) is 140 Å². The van der Waals surface area contributed by atoms with Crippen molar-refractivity contribution in [2.24, 2.45) is 0 Å². The largest absolute Gasteiger partial charge is 0.307 e. The molecule has 0 spiro atoms. The van der Waals surface area contributed by atoms with E-state index in [1.807, 2.05) is 72.9 Å². The zero-order valence-electron chi connectivity index (χ0n) is 23.4. The third-order valence-corrected chi connectivity index (χ3v) is 8.18. The summed E-state index contributed by atoms with van der Waals surface area (Å²) in [6, 6.07) is 43.5. The van der Waals surface area contributed by atoms with E-state index in [1.54, 1.807) is 6.20 Å². The molecule has 0 fully saturated rings. The molecule has 0 atom stereocenters. The second kappa shape index (κ2) is 9.68. The maximum absolute atomic E-state index is 5.12. The lowest BCUT2D eigenvalue weighted by Crippen LogP contribution is -2.07. The maximum Gasteiger partial charge on any atom is 0.238 e. The van der Waals surface area contributed by atoms with Gasteiger partial charge in [-0.15, -0.1) is 0 Å². The minimum absolute atomic E-state index is 0.517. The van der Waals surface area contributed by atoms with E-state index in [4.69, 9.17) is 15.0 Å². The van der Waals surface area contributed by atoms with E-state index < -0.39 is 0 Å². The lowest BCUT2D eigenvalue weighted by Gasteiger charge is -2.13. The van der Waals surface area contributed by atoms with Gasteiger partial charge in [0.1, 0.15) is 0 Å². The van der Waals surface area contributed by atoms with Gasteiger partial charge in [0, 0.05) is 38.4 Å². The quantitative estimate of drug-likeness (QED) is 0.215. The van der Waals surface area contributed by atoms with Crippen molar-refractivity contribution >= 4 is 43.6 Å². The van der Waals surface area contributed by atoms with Gasteiger partial charge in [0.2, 0.25) is 5.95 Å². The summed E-state index contributed by atoms with van der Waals surface area (Å²) >= 11 is 0. The van der Waals surface area contributed by atoms with E-state index >= 15 is 0 Å². The predicted molar refractivity (Wildman–Crippen MR) is 175 cm³/mol. The number of nitrogens with zero attached hydrogens (tertiary/aromatic N) is 7. The van der Waals surface area contributed by atoms with Crippen LogP contribution in [0.1, 0.15) is 0 Å². The molecule has 44 heavy (non-hydrogen) atoms. The highest BCUT2D eigenvalue weighted by molar-refractivity contribution is 6.23. The van der Waals surface area contributed by atoms with Crippen LogP contribution in [0.4, 0.5) is 0 Å². The van der Waals surface area contributed by atoms with E-state index in [0.29, 0.717) is 17.6 Å². The average Bonchev–Trinajstić information content (AvgIpc) is 3.62. The number of rotatable bonds is 4. The smallest absolute Gasteiger partial charge is 0.238 e. The molecular formula is C37H23N7. The Bertz CT molecular complexity index is 2420. The van der Waals surface area contributed by atoms with Gasteiger partial charge in [-0.25, -0.2) is 4.98 Å². The monoisotopic (exact) mass is 565 g/mol. The first kappa shape index (κ1) is 24.4. The van der Waals surface area contributed by atoms with Gasteiger partial charge in [0.05, 0.1) is 34.5 Å². The average molecular weight is 566 g/mol. The molecule has 0 aliphatic rings. The summed E-state index contributed by atoms with van der Waals surface area (Å²) in [5.74, 6) is 1.72. The van der Waals surface area contributed by atoms with E-state index in [9.17, 15) is 0 Å². The van der Waals surface area contributed by atoms with Crippen LogP contribution >= 0.6 is 0 Å². The number of para-hydroxylation sites is 2. The molecule has 0 aliphatic carbocycles. The van der Waals surface area contributed by atoms with Gasteiger partial charge in [-0.05, 0) is 18.2 Å². The van der Waals surface area contributed by atoms with Crippen LogP contribution in [-0.4, -0.2) is 34.3 Å². The molecule has 0 amide bonds. The SMILES string of the molecule is c1ccc(-c2nc(-c3ccccc3)nc(-n3c4cnncc4c4ccc5c6ccccc6n(-c6ccccc6)c5c43)n2)cc1. The molecule has 4 aromatic heterocycles. The Kier molecular flexibility index (Phi) is 5.36. The third-order valence-electron chi connectivity index (χ3n) is 8.18. The molecule has 7 heteroatoms. The Morgan fingerprint density at radius 1 is 0.386 bits per heavy atom. The zero-order valence-corrected chi connectivity index (χ0v) is 23.4. The molecule has 0 bridgehead atoms. The van der Waals surface area contributed by atoms with E-state index in [-0.39, 0.29) is 0 Å². The molecule has 9 rings (SSSR count). The first-order valence-corrected chi connectivity index (χ1v) is 14.4. The summed E-state index contributed by atoms with van der Waals surface area (Å²) in [7, 11) is 0. The van der Waals surface area contributed by atoms with E-state index in [1.165, 1.54) is 5.39 Å². The molecular weight excluding hydrogens is 542 g/mol. The summed E-state index contributed by atoms with van der Waals surface area (Å²) in [6.07, 6.45) is 3.62. The normalized spacial score (nSPS) is 11.6. The van der Waals surface area contributed by atoms with Crippen LogP contribution in [0.3, 0.4) is 0 Å². The highest BCUT2D eigenvalue weighted by Crippen LogP contribution is 2.41. The molecule has 4 heterocycles.